The van der Waals surface area contributed by atoms with E-state index in [4.69, 9.17) is 4.74 Å². The Balaban J connectivity index is 1.97. The number of rotatable bonds is 5. The minimum absolute atomic E-state index is 0.0125. The van der Waals surface area contributed by atoms with Crippen molar-refractivity contribution in [3.63, 3.8) is 0 Å². The molecule has 0 atom stereocenters. The number of benzene rings is 1. The Morgan fingerprint density at radius 3 is 2.71 bits per heavy atom. The van der Waals surface area contributed by atoms with Crippen LogP contribution in [0.5, 0.6) is 0 Å². The SMILES string of the molecule is CCOC(=O)c1c(NC(=O)c2cccc(N(C)C)c2)sc2c1CCS(=O)(=O)C2. The van der Waals surface area contributed by atoms with Crippen LogP contribution in [0.15, 0.2) is 24.3 Å². The maximum absolute atomic E-state index is 12.8. The standard InChI is InChI=1S/C19H22N2O5S2/c1-4-26-19(23)16-14-8-9-28(24,25)11-15(14)27-18(16)20-17(22)12-6-5-7-13(10-12)21(2)3/h5-7,10H,4,8-9,11H2,1-3H3,(H,20,22). The summed E-state index contributed by atoms with van der Waals surface area (Å²) < 4.78 is 29.1. The summed E-state index contributed by atoms with van der Waals surface area (Å²) in [5.74, 6) is -1.04. The minimum Gasteiger partial charge on any atom is -0.462 e. The first-order valence-corrected chi connectivity index (χ1v) is 11.5. The highest BCUT2D eigenvalue weighted by Gasteiger charge is 2.32. The van der Waals surface area contributed by atoms with Crippen molar-refractivity contribution in [1.29, 1.82) is 0 Å². The normalized spacial score (nSPS) is 14.8. The second kappa shape index (κ2) is 7.92. The molecule has 0 saturated heterocycles. The summed E-state index contributed by atoms with van der Waals surface area (Å²) >= 11 is 1.13. The van der Waals surface area contributed by atoms with E-state index in [-0.39, 0.29) is 36.0 Å². The lowest BCUT2D eigenvalue weighted by Gasteiger charge is -2.14. The highest BCUT2D eigenvalue weighted by Crippen LogP contribution is 2.38. The summed E-state index contributed by atoms with van der Waals surface area (Å²) in [6.07, 6.45) is 0.244. The number of fused-ring (bicyclic) bond motifs is 1. The molecule has 0 spiro atoms. The van der Waals surface area contributed by atoms with Crippen molar-refractivity contribution in [2.45, 2.75) is 19.1 Å². The number of nitrogens with one attached hydrogen (secondary N) is 1. The molecule has 1 aliphatic heterocycles. The monoisotopic (exact) mass is 422 g/mol. The van der Waals surface area contributed by atoms with Crippen molar-refractivity contribution in [2.75, 3.05) is 36.7 Å². The lowest BCUT2D eigenvalue weighted by atomic mass is 10.1. The molecule has 0 bridgehead atoms. The highest BCUT2D eigenvalue weighted by atomic mass is 32.2. The summed E-state index contributed by atoms with van der Waals surface area (Å²) in [6.45, 7) is 1.90. The van der Waals surface area contributed by atoms with E-state index < -0.39 is 15.8 Å². The van der Waals surface area contributed by atoms with Gasteiger partial charge in [-0.2, -0.15) is 0 Å². The van der Waals surface area contributed by atoms with Crippen LogP contribution in [0.25, 0.3) is 0 Å². The van der Waals surface area contributed by atoms with Gasteiger partial charge in [0.2, 0.25) is 0 Å². The summed E-state index contributed by atoms with van der Waals surface area (Å²) in [5.41, 5.74) is 2.25. The molecule has 28 heavy (non-hydrogen) atoms. The van der Waals surface area contributed by atoms with E-state index in [9.17, 15) is 18.0 Å². The van der Waals surface area contributed by atoms with Gasteiger partial charge in [0, 0.05) is 30.2 Å². The van der Waals surface area contributed by atoms with E-state index in [1.165, 1.54) is 0 Å². The van der Waals surface area contributed by atoms with Crippen LogP contribution in [0.2, 0.25) is 0 Å². The molecule has 1 aromatic carbocycles. The smallest absolute Gasteiger partial charge is 0.341 e. The number of carbonyl (C=O) groups is 2. The first-order chi connectivity index (χ1) is 13.2. The van der Waals surface area contributed by atoms with Crippen LogP contribution in [-0.2, 0) is 26.7 Å². The second-order valence-corrected chi connectivity index (χ2v) is 9.96. The van der Waals surface area contributed by atoms with Crippen LogP contribution < -0.4 is 10.2 Å². The van der Waals surface area contributed by atoms with Crippen molar-refractivity contribution in [2.24, 2.45) is 0 Å². The molecule has 0 fully saturated rings. The first kappa shape index (κ1) is 20.3. The summed E-state index contributed by atoms with van der Waals surface area (Å²) in [4.78, 5) is 27.7. The average Bonchev–Trinajstić information content (AvgIpc) is 2.97. The summed E-state index contributed by atoms with van der Waals surface area (Å²) in [5, 5.41) is 3.12. The molecule has 1 aromatic heterocycles. The number of carbonyl (C=O) groups excluding carboxylic acids is 2. The van der Waals surface area contributed by atoms with Crippen LogP contribution in [0.4, 0.5) is 10.7 Å². The number of thiophene rings is 1. The maximum atomic E-state index is 12.8. The molecule has 1 N–H and O–H groups in total. The van der Waals surface area contributed by atoms with Gasteiger partial charge in [0.25, 0.3) is 5.91 Å². The fourth-order valence-corrected chi connectivity index (χ4v) is 6.06. The number of hydrogen-bond acceptors (Lipinski definition) is 7. The Morgan fingerprint density at radius 2 is 2.04 bits per heavy atom. The third-order valence-electron chi connectivity index (χ3n) is 4.44. The number of anilines is 2. The van der Waals surface area contributed by atoms with Gasteiger partial charge in [-0.15, -0.1) is 11.3 Å². The molecular weight excluding hydrogens is 400 g/mol. The third-order valence-corrected chi connectivity index (χ3v) is 7.32. The zero-order valence-electron chi connectivity index (χ0n) is 15.9. The van der Waals surface area contributed by atoms with Crippen molar-refractivity contribution in [3.05, 3.63) is 45.8 Å². The second-order valence-electron chi connectivity index (χ2n) is 6.67. The number of ether oxygens (including phenoxy) is 1. The largest absolute Gasteiger partial charge is 0.462 e. The average molecular weight is 423 g/mol. The Kier molecular flexibility index (Phi) is 5.76. The quantitative estimate of drug-likeness (QED) is 0.745. The van der Waals surface area contributed by atoms with E-state index >= 15 is 0 Å². The number of nitrogens with zero attached hydrogens (tertiary/aromatic N) is 1. The molecule has 2 aromatic rings. The highest BCUT2D eigenvalue weighted by molar-refractivity contribution is 7.90. The molecule has 3 rings (SSSR count). The van der Waals surface area contributed by atoms with E-state index in [1.54, 1.807) is 25.1 Å². The zero-order chi connectivity index (χ0) is 20.5. The fourth-order valence-electron chi connectivity index (χ4n) is 3.03. The molecule has 0 unspecified atom stereocenters. The van der Waals surface area contributed by atoms with Gasteiger partial charge in [0.1, 0.15) is 5.00 Å². The van der Waals surface area contributed by atoms with Gasteiger partial charge >= 0.3 is 5.97 Å². The zero-order valence-corrected chi connectivity index (χ0v) is 17.6. The Bertz CT molecular complexity index is 1020. The molecule has 150 valence electrons. The van der Waals surface area contributed by atoms with Crippen LogP contribution in [0, 0.1) is 0 Å². The van der Waals surface area contributed by atoms with Gasteiger partial charge in [-0.25, -0.2) is 13.2 Å². The molecule has 0 saturated carbocycles. The first-order valence-electron chi connectivity index (χ1n) is 8.82. The Morgan fingerprint density at radius 1 is 1.29 bits per heavy atom. The molecule has 1 aliphatic rings. The Hall–Kier alpha value is -2.39. The molecule has 1 amide bonds. The summed E-state index contributed by atoms with van der Waals surface area (Å²) in [6, 6.07) is 7.10. The molecule has 7 nitrogen and oxygen atoms in total. The van der Waals surface area contributed by atoms with Gasteiger partial charge in [-0.3, -0.25) is 4.79 Å². The molecule has 2 heterocycles. The fraction of sp³-hybridized carbons (Fsp3) is 0.368. The van der Waals surface area contributed by atoms with Gasteiger partial charge in [0.15, 0.2) is 9.84 Å². The number of sulfone groups is 1. The molecule has 0 aliphatic carbocycles. The minimum atomic E-state index is -3.19. The lowest BCUT2D eigenvalue weighted by molar-refractivity contribution is 0.0527. The van der Waals surface area contributed by atoms with Gasteiger partial charge in [0.05, 0.1) is 23.7 Å². The van der Waals surface area contributed by atoms with Crippen LogP contribution in [0.1, 0.15) is 38.1 Å². The van der Waals surface area contributed by atoms with Crippen LogP contribution in [-0.4, -0.2) is 46.7 Å². The van der Waals surface area contributed by atoms with Crippen molar-refractivity contribution in [3.8, 4) is 0 Å². The van der Waals surface area contributed by atoms with E-state index in [0.717, 1.165) is 17.0 Å². The molecule has 9 heteroatoms. The van der Waals surface area contributed by atoms with E-state index in [0.29, 0.717) is 21.0 Å². The van der Waals surface area contributed by atoms with Crippen molar-refractivity contribution in [1.82, 2.24) is 0 Å². The van der Waals surface area contributed by atoms with Gasteiger partial charge in [-0.1, -0.05) is 6.07 Å². The van der Waals surface area contributed by atoms with Crippen molar-refractivity contribution >= 4 is 43.7 Å². The third kappa shape index (κ3) is 4.20. The lowest BCUT2D eigenvalue weighted by Crippen LogP contribution is -2.20. The molecular formula is C19H22N2O5S2. The number of amides is 1. The Labute approximate surface area is 168 Å². The molecule has 0 radical (unpaired) electrons. The van der Waals surface area contributed by atoms with E-state index in [1.807, 2.05) is 25.1 Å². The predicted octanol–water partition coefficient (Wildman–Crippen LogP) is 2.71. The number of esters is 1. The topological polar surface area (TPSA) is 92.8 Å². The predicted molar refractivity (Wildman–Crippen MR) is 110 cm³/mol. The van der Waals surface area contributed by atoms with Gasteiger partial charge in [-0.05, 0) is 37.1 Å². The maximum Gasteiger partial charge on any atom is 0.341 e. The summed E-state index contributed by atoms with van der Waals surface area (Å²) in [7, 11) is 0.564. The van der Waals surface area contributed by atoms with Crippen LogP contribution in [0.3, 0.4) is 0 Å². The van der Waals surface area contributed by atoms with Crippen molar-refractivity contribution < 1.29 is 22.7 Å². The number of hydrogen-bond donors (Lipinski definition) is 1. The van der Waals surface area contributed by atoms with Crippen LogP contribution >= 0.6 is 11.3 Å². The van der Waals surface area contributed by atoms with Gasteiger partial charge < -0.3 is 15.0 Å². The van der Waals surface area contributed by atoms with E-state index in [2.05, 4.69) is 5.32 Å².